The molecule has 2 rings (SSSR count). The molecule has 0 unspecified atom stereocenters. The van der Waals surface area contributed by atoms with Crippen molar-refractivity contribution in [1.82, 2.24) is 15.1 Å². The number of carboxylic acid groups (broad SMARTS) is 1. The van der Waals surface area contributed by atoms with E-state index in [9.17, 15) is 9.90 Å². The number of hydrogen-bond acceptors (Lipinski definition) is 6. The molecule has 0 saturated carbocycles. The number of aliphatic carboxylic acids is 1. The fourth-order valence-electron chi connectivity index (χ4n) is 1.26. The monoisotopic (exact) mass is 262 g/mol. The normalized spacial score (nSPS) is 10.2. The van der Waals surface area contributed by atoms with Gasteiger partial charge >= 0.3 is 0 Å². The Hall–Kier alpha value is -2.02. The van der Waals surface area contributed by atoms with Crippen molar-refractivity contribution < 1.29 is 14.6 Å². The summed E-state index contributed by atoms with van der Waals surface area (Å²) in [5.74, 6) is -0.0447. The van der Waals surface area contributed by atoms with E-state index in [1.54, 1.807) is 35.5 Å². The van der Waals surface area contributed by atoms with Gasteiger partial charge in [-0.05, 0) is 11.2 Å². The van der Waals surface area contributed by atoms with E-state index >= 15 is 0 Å². The van der Waals surface area contributed by atoms with E-state index in [4.69, 9.17) is 0 Å². The maximum atomic E-state index is 10.3. The highest BCUT2D eigenvalue weighted by atomic mass is 32.2. The van der Waals surface area contributed by atoms with Crippen LogP contribution in [0.4, 0.5) is 0 Å². The zero-order valence-electron chi connectivity index (χ0n) is 9.39. The molecule has 2 heterocycles. The quantitative estimate of drug-likeness (QED) is 0.660. The average molecular weight is 262 g/mol. The predicted octanol–water partition coefficient (Wildman–Crippen LogP) is -0.733. The maximum Gasteiger partial charge on any atom is 0.220 e. The maximum absolute atomic E-state index is 10.3. The molecule has 0 aliphatic carbocycles. The molecule has 0 spiro atoms. The molecule has 0 atom stereocenters. The minimum absolute atomic E-state index is 0.0434. The number of thioether (sulfide) groups is 1. The molecule has 92 valence electrons. The highest BCUT2D eigenvalue weighted by Crippen LogP contribution is 2.09. The summed E-state index contributed by atoms with van der Waals surface area (Å²) >= 11 is 1.22. The van der Waals surface area contributed by atoms with Gasteiger partial charge in [-0.1, -0.05) is 16.4 Å². The number of carbonyl (C=O) groups is 1. The van der Waals surface area contributed by atoms with Crippen molar-refractivity contribution in [3.63, 3.8) is 0 Å². The van der Waals surface area contributed by atoms with Crippen molar-refractivity contribution in [3.8, 4) is 11.4 Å². The van der Waals surface area contributed by atoms with Gasteiger partial charge in [0.25, 0.3) is 0 Å². The molecule has 6 nitrogen and oxygen atoms in total. The largest absolute Gasteiger partial charge is 0.549 e. The van der Waals surface area contributed by atoms with Crippen molar-refractivity contribution >= 4 is 17.7 Å². The van der Waals surface area contributed by atoms with Crippen LogP contribution in [-0.2, 0) is 10.7 Å². The van der Waals surface area contributed by atoms with E-state index in [-0.39, 0.29) is 5.75 Å². The smallest absolute Gasteiger partial charge is 0.220 e. The number of rotatable bonds is 5. The molecular formula is C11H10N4O2S. The molecule has 0 radical (unpaired) electrons. The third-order valence-corrected chi connectivity index (χ3v) is 2.93. The molecule has 0 fully saturated rings. The van der Waals surface area contributed by atoms with Gasteiger partial charge in [0.15, 0.2) is 12.0 Å². The van der Waals surface area contributed by atoms with Gasteiger partial charge in [-0.2, -0.15) is 0 Å². The molecule has 0 aliphatic rings. The fraction of sp³-hybridized carbons (Fsp3) is 0.182. The summed E-state index contributed by atoms with van der Waals surface area (Å²) in [6, 6.07) is 3.58. The Morgan fingerprint density at radius 1 is 1.39 bits per heavy atom. The average Bonchev–Trinajstić information content (AvgIpc) is 2.40. The lowest BCUT2D eigenvalue weighted by Gasteiger charge is -1.99. The second-order valence-electron chi connectivity index (χ2n) is 3.38. The summed E-state index contributed by atoms with van der Waals surface area (Å²) in [5.41, 5.74) is 0.816. The van der Waals surface area contributed by atoms with E-state index in [0.29, 0.717) is 11.7 Å². The summed E-state index contributed by atoms with van der Waals surface area (Å²) in [6.45, 7) is 0. The molecule has 0 bridgehead atoms. The lowest BCUT2D eigenvalue weighted by molar-refractivity contribution is -0.734. The lowest BCUT2D eigenvalue weighted by atomic mass is 10.3. The van der Waals surface area contributed by atoms with Crippen LogP contribution in [0.5, 0.6) is 0 Å². The summed E-state index contributed by atoms with van der Waals surface area (Å²) in [5, 5.41) is 14.4. The van der Waals surface area contributed by atoms with Crippen LogP contribution in [-0.4, -0.2) is 26.8 Å². The van der Waals surface area contributed by atoms with Crippen LogP contribution < -0.4 is 9.79 Å². The number of nitrogens with zero attached hydrogens (tertiary/aromatic N) is 4. The Bertz CT molecular complexity index is 518. The zero-order valence-corrected chi connectivity index (χ0v) is 10.2. The number of carboxylic acids is 1. The first-order chi connectivity index (χ1) is 8.75. The van der Waals surface area contributed by atoms with Gasteiger partial charge in [0, 0.05) is 29.8 Å². The minimum atomic E-state index is -1.07. The molecule has 2 aromatic heterocycles. The highest BCUT2D eigenvalue weighted by molar-refractivity contribution is 7.98. The van der Waals surface area contributed by atoms with Crippen molar-refractivity contribution in [1.29, 1.82) is 0 Å². The topological polar surface area (TPSA) is 82.7 Å². The van der Waals surface area contributed by atoms with Gasteiger partial charge < -0.3 is 9.90 Å². The second-order valence-corrected chi connectivity index (χ2v) is 4.33. The third-order valence-electron chi connectivity index (χ3n) is 2.04. The van der Waals surface area contributed by atoms with Crippen LogP contribution in [0.25, 0.3) is 11.4 Å². The first-order valence-corrected chi connectivity index (χ1v) is 6.32. The van der Waals surface area contributed by atoms with Gasteiger partial charge in [-0.25, -0.2) is 9.97 Å². The van der Waals surface area contributed by atoms with Gasteiger partial charge in [-0.3, -0.25) is 0 Å². The Balaban J connectivity index is 2.00. The Kier molecular flexibility index (Phi) is 4.19. The van der Waals surface area contributed by atoms with E-state index in [1.165, 1.54) is 11.8 Å². The van der Waals surface area contributed by atoms with Crippen molar-refractivity contribution in [2.75, 3.05) is 5.75 Å². The van der Waals surface area contributed by atoms with E-state index in [2.05, 4.69) is 15.1 Å². The number of hydrogen-bond donors (Lipinski definition) is 0. The van der Waals surface area contributed by atoms with E-state index < -0.39 is 5.97 Å². The Labute approximate surface area is 108 Å². The molecule has 0 amide bonds. The molecule has 18 heavy (non-hydrogen) atoms. The molecule has 0 saturated heterocycles. The van der Waals surface area contributed by atoms with Gasteiger partial charge in [-0.15, -0.1) is 0 Å². The Morgan fingerprint density at radius 2 is 2.17 bits per heavy atom. The van der Waals surface area contributed by atoms with Crippen LogP contribution in [0, 0.1) is 0 Å². The standard InChI is InChI=1S/C11H10N4O2S/c16-10(17)7-18-8-15-5-2-9(6-14-15)11-12-3-1-4-13-11/h1-6H,7-8H2. The predicted molar refractivity (Wildman–Crippen MR) is 62.9 cm³/mol. The Morgan fingerprint density at radius 3 is 2.78 bits per heavy atom. The van der Waals surface area contributed by atoms with E-state index in [0.717, 1.165) is 5.56 Å². The van der Waals surface area contributed by atoms with Crippen LogP contribution in [0.15, 0.2) is 36.9 Å². The van der Waals surface area contributed by atoms with Gasteiger partial charge in [0.05, 0.1) is 5.97 Å². The van der Waals surface area contributed by atoms with Crippen molar-refractivity contribution in [2.45, 2.75) is 5.88 Å². The van der Waals surface area contributed by atoms with Crippen LogP contribution in [0.1, 0.15) is 0 Å². The molecule has 0 aliphatic heterocycles. The van der Waals surface area contributed by atoms with Gasteiger partial charge in [0.1, 0.15) is 6.20 Å². The first kappa shape index (κ1) is 12.4. The molecule has 2 aromatic rings. The van der Waals surface area contributed by atoms with Crippen LogP contribution >= 0.6 is 11.8 Å². The van der Waals surface area contributed by atoms with E-state index in [1.807, 2.05) is 6.07 Å². The molecule has 7 heteroatoms. The highest BCUT2D eigenvalue weighted by Gasteiger charge is 2.06. The summed E-state index contributed by atoms with van der Waals surface area (Å²) in [6.07, 6.45) is 6.74. The van der Waals surface area contributed by atoms with Crippen LogP contribution in [0.2, 0.25) is 0 Å². The molecule has 0 N–H and O–H groups in total. The molecular weight excluding hydrogens is 252 g/mol. The SMILES string of the molecule is O=C([O-])CSC[n+]1ccc(-c2ncccn2)cn1. The summed E-state index contributed by atoms with van der Waals surface area (Å²) in [7, 11) is 0. The summed E-state index contributed by atoms with van der Waals surface area (Å²) in [4.78, 5) is 18.5. The lowest BCUT2D eigenvalue weighted by Crippen LogP contribution is -2.37. The second kappa shape index (κ2) is 6.06. The summed E-state index contributed by atoms with van der Waals surface area (Å²) < 4.78 is 1.64. The third kappa shape index (κ3) is 3.49. The zero-order chi connectivity index (χ0) is 12.8. The number of aromatic nitrogens is 4. The molecule has 0 aromatic carbocycles. The minimum Gasteiger partial charge on any atom is -0.549 e. The van der Waals surface area contributed by atoms with Crippen LogP contribution in [0.3, 0.4) is 0 Å². The van der Waals surface area contributed by atoms with Crippen molar-refractivity contribution in [2.24, 2.45) is 0 Å². The van der Waals surface area contributed by atoms with Crippen molar-refractivity contribution in [3.05, 3.63) is 36.9 Å². The number of carbonyl (C=O) groups excluding carboxylic acids is 1. The first-order valence-electron chi connectivity index (χ1n) is 5.16. The fourth-order valence-corrected chi connectivity index (χ4v) is 1.86. The van der Waals surface area contributed by atoms with Gasteiger partial charge in [0.2, 0.25) is 5.88 Å².